The molecular weight excluding hydrogens is 266 g/mol. The van der Waals surface area contributed by atoms with Gasteiger partial charge in [0.05, 0.1) is 5.92 Å². The monoisotopic (exact) mass is 289 g/mol. The molecule has 1 aliphatic carbocycles. The van der Waals surface area contributed by atoms with Crippen molar-refractivity contribution in [1.29, 1.82) is 0 Å². The van der Waals surface area contributed by atoms with Crippen LogP contribution < -0.4 is 16.0 Å². The normalized spacial score (nSPS) is 26.8. The summed E-state index contributed by atoms with van der Waals surface area (Å²) in [7, 11) is 0. The van der Waals surface area contributed by atoms with Crippen molar-refractivity contribution >= 4 is 11.9 Å². The zero-order valence-corrected chi connectivity index (χ0v) is 12.2. The Morgan fingerprint density at radius 2 is 1.90 bits per heavy atom. The Morgan fingerprint density at radius 3 is 2.52 bits per heavy atom. The summed E-state index contributed by atoms with van der Waals surface area (Å²) in [4.78, 5) is 23.0. The lowest BCUT2D eigenvalue weighted by atomic mass is 10.0. The van der Waals surface area contributed by atoms with E-state index in [0.717, 1.165) is 51.1 Å². The number of nitrogens with zero attached hydrogens (tertiary/aromatic N) is 3. The zero-order chi connectivity index (χ0) is 14.7. The van der Waals surface area contributed by atoms with Crippen LogP contribution in [0.4, 0.5) is 5.95 Å². The third-order valence-electron chi connectivity index (χ3n) is 4.58. The first kappa shape index (κ1) is 14.3. The number of carbonyl (C=O) groups excluding carboxylic acids is 1. The Balaban J connectivity index is 1.49. The molecule has 1 amide bonds. The quantitative estimate of drug-likeness (QED) is 0.855. The Labute approximate surface area is 125 Å². The van der Waals surface area contributed by atoms with E-state index in [1.54, 1.807) is 12.4 Å². The summed E-state index contributed by atoms with van der Waals surface area (Å²) in [5, 5.41) is 3.18. The van der Waals surface area contributed by atoms with E-state index < -0.39 is 0 Å². The molecule has 1 saturated heterocycles. The summed E-state index contributed by atoms with van der Waals surface area (Å²) in [6.07, 6.45) is 8.38. The second-order valence-corrected chi connectivity index (χ2v) is 6.02. The lowest BCUT2D eigenvalue weighted by Crippen LogP contribution is -2.48. The number of carbonyl (C=O) groups is 1. The van der Waals surface area contributed by atoms with Crippen molar-refractivity contribution in [2.45, 2.75) is 44.2 Å². The topological polar surface area (TPSA) is 84.1 Å². The SMILES string of the molecule is NC1CCCC1C(=O)NC1CCN(c2ncccn2)CC1. The molecule has 2 aliphatic rings. The van der Waals surface area contributed by atoms with Crippen LogP contribution in [-0.2, 0) is 4.79 Å². The number of amides is 1. The van der Waals surface area contributed by atoms with Crippen molar-refractivity contribution in [2.75, 3.05) is 18.0 Å². The van der Waals surface area contributed by atoms with Gasteiger partial charge in [-0.25, -0.2) is 9.97 Å². The number of nitrogens with two attached hydrogens (primary N) is 1. The van der Waals surface area contributed by atoms with Gasteiger partial charge in [-0.2, -0.15) is 0 Å². The van der Waals surface area contributed by atoms with E-state index in [1.807, 2.05) is 6.07 Å². The van der Waals surface area contributed by atoms with E-state index in [0.29, 0.717) is 0 Å². The minimum atomic E-state index is 0.0143. The van der Waals surface area contributed by atoms with Crippen LogP contribution in [-0.4, -0.2) is 41.0 Å². The molecule has 2 unspecified atom stereocenters. The fourth-order valence-corrected chi connectivity index (χ4v) is 3.30. The Kier molecular flexibility index (Phi) is 4.34. The van der Waals surface area contributed by atoms with E-state index in [4.69, 9.17) is 5.73 Å². The van der Waals surface area contributed by atoms with Crippen molar-refractivity contribution in [3.05, 3.63) is 18.5 Å². The second-order valence-electron chi connectivity index (χ2n) is 6.02. The van der Waals surface area contributed by atoms with Crippen molar-refractivity contribution in [3.8, 4) is 0 Å². The molecule has 1 aromatic rings. The first-order chi connectivity index (χ1) is 10.2. The Morgan fingerprint density at radius 1 is 1.19 bits per heavy atom. The third-order valence-corrected chi connectivity index (χ3v) is 4.58. The minimum Gasteiger partial charge on any atom is -0.353 e. The molecule has 2 fully saturated rings. The maximum Gasteiger partial charge on any atom is 0.225 e. The van der Waals surface area contributed by atoms with Gasteiger partial charge in [-0.1, -0.05) is 6.42 Å². The first-order valence-electron chi connectivity index (χ1n) is 7.82. The van der Waals surface area contributed by atoms with Gasteiger partial charge in [0.1, 0.15) is 0 Å². The summed E-state index contributed by atoms with van der Waals surface area (Å²) >= 11 is 0. The largest absolute Gasteiger partial charge is 0.353 e. The van der Waals surface area contributed by atoms with Crippen LogP contribution in [0.3, 0.4) is 0 Å². The van der Waals surface area contributed by atoms with Gasteiger partial charge in [0.15, 0.2) is 0 Å². The second kappa shape index (κ2) is 6.39. The highest BCUT2D eigenvalue weighted by molar-refractivity contribution is 5.80. The van der Waals surface area contributed by atoms with Gasteiger partial charge in [0, 0.05) is 37.6 Å². The fraction of sp³-hybridized carbons (Fsp3) is 0.667. The predicted octanol–water partition coefficient (Wildman–Crippen LogP) is 0.689. The molecule has 6 heteroatoms. The molecule has 1 aromatic heterocycles. The zero-order valence-electron chi connectivity index (χ0n) is 12.2. The van der Waals surface area contributed by atoms with Crippen LogP contribution in [0.2, 0.25) is 0 Å². The van der Waals surface area contributed by atoms with Gasteiger partial charge < -0.3 is 16.0 Å². The molecule has 6 nitrogen and oxygen atoms in total. The number of hydrogen-bond donors (Lipinski definition) is 2. The van der Waals surface area contributed by atoms with Crippen LogP contribution >= 0.6 is 0 Å². The molecule has 0 radical (unpaired) electrons. The highest BCUT2D eigenvalue weighted by Gasteiger charge is 2.32. The lowest BCUT2D eigenvalue weighted by molar-refractivity contribution is -0.126. The molecule has 21 heavy (non-hydrogen) atoms. The van der Waals surface area contributed by atoms with E-state index in [2.05, 4.69) is 20.2 Å². The van der Waals surface area contributed by atoms with Gasteiger partial charge in [-0.05, 0) is 31.7 Å². The van der Waals surface area contributed by atoms with Gasteiger partial charge in [0.25, 0.3) is 0 Å². The number of nitrogens with one attached hydrogen (secondary N) is 1. The maximum atomic E-state index is 12.2. The minimum absolute atomic E-state index is 0.0143. The lowest BCUT2D eigenvalue weighted by Gasteiger charge is -2.33. The Hall–Kier alpha value is -1.69. The van der Waals surface area contributed by atoms with Gasteiger partial charge >= 0.3 is 0 Å². The number of aromatic nitrogens is 2. The van der Waals surface area contributed by atoms with E-state index in [-0.39, 0.29) is 23.9 Å². The molecule has 1 aliphatic heterocycles. The molecular formula is C15H23N5O. The maximum absolute atomic E-state index is 12.2. The number of piperidine rings is 1. The van der Waals surface area contributed by atoms with E-state index in [9.17, 15) is 4.79 Å². The number of hydrogen-bond acceptors (Lipinski definition) is 5. The third kappa shape index (κ3) is 3.32. The van der Waals surface area contributed by atoms with E-state index in [1.165, 1.54) is 0 Å². The molecule has 0 bridgehead atoms. The van der Waals surface area contributed by atoms with Crippen LogP contribution in [0.1, 0.15) is 32.1 Å². The predicted molar refractivity (Wildman–Crippen MR) is 80.7 cm³/mol. The highest BCUT2D eigenvalue weighted by Crippen LogP contribution is 2.24. The van der Waals surface area contributed by atoms with Crippen molar-refractivity contribution < 1.29 is 4.79 Å². The summed E-state index contributed by atoms with van der Waals surface area (Å²) in [6.45, 7) is 1.76. The van der Waals surface area contributed by atoms with Crippen LogP contribution in [0, 0.1) is 5.92 Å². The average molecular weight is 289 g/mol. The van der Waals surface area contributed by atoms with Gasteiger partial charge in [0.2, 0.25) is 11.9 Å². The van der Waals surface area contributed by atoms with Gasteiger partial charge in [-0.3, -0.25) is 4.79 Å². The fourth-order valence-electron chi connectivity index (χ4n) is 3.30. The van der Waals surface area contributed by atoms with Crippen molar-refractivity contribution in [1.82, 2.24) is 15.3 Å². The summed E-state index contributed by atoms with van der Waals surface area (Å²) in [6, 6.07) is 2.12. The van der Waals surface area contributed by atoms with Crippen LogP contribution in [0.5, 0.6) is 0 Å². The number of anilines is 1. The molecule has 0 aromatic carbocycles. The molecule has 2 atom stereocenters. The van der Waals surface area contributed by atoms with Crippen molar-refractivity contribution in [3.63, 3.8) is 0 Å². The summed E-state index contributed by atoms with van der Waals surface area (Å²) in [5.74, 6) is 0.940. The van der Waals surface area contributed by atoms with Crippen LogP contribution in [0.15, 0.2) is 18.5 Å². The standard InChI is InChI=1S/C15H23N5O/c16-13-4-1-3-12(13)14(21)19-11-5-9-20(10-6-11)15-17-7-2-8-18-15/h2,7-8,11-13H,1,3-6,9-10,16H2,(H,19,21). The van der Waals surface area contributed by atoms with E-state index >= 15 is 0 Å². The van der Waals surface area contributed by atoms with Gasteiger partial charge in [-0.15, -0.1) is 0 Å². The molecule has 3 rings (SSSR count). The number of rotatable bonds is 3. The van der Waals surface area contributed by atoms with Crippen molar-refractivity contribution in [2.24, 2.45) is 11.7 Å². The molecule has 1 saturated carbocycles. The Bertz CT molecular complexity index is 472. The molecule has 114 valence electrons. The summed E-state index contributed by atoms with van der Waals surface area (Å²) in [5.41, 5.74) is 6.00. The molecule has 3 N–H and O–H groups in total. The highest BCUT2D eigenvalue weighted by atomic mass is 16.2. The average Bonchev–Trinajstić information content (AvgIpc) is 2.95. The summed E-state index contributed by atoms with van der Waals surface area (Å²) < 4.78 is 0. The smallest absolute Gasteiger partial charge is 0.225 e. The molecule has 2 heterocycles. The first-order valence-corrected chi connectivity index (χ1v) is 7.82. The molecule has 0 spiro atoms. The van der Waals surface area contributed by atoms with Crippen LogP contribution in [0.25, 0.3) is 0 Å².